The SMILES string of the molecule is C=CN1CC1O. The van der Waals surface area contributed by atoms with Crippen molar-refractivity contribution in [2.75, 3.05) is 6.54 Å². The molecule has 1 aliphatic rings. The standard InChI is InChI=1S/C4H7NO/c1-2-5-3-4(5)6/h2,4,6H,1,3H2. The fourth-order valence-electron chi connectivity index (χ4n) is 0.338. The van der Waals surface area contributed by atoms with E-state index in [-0.39, 0.29) is 6.23 Å². The minimum absolute atomic E-state index is 0.220. The summed E-state index contributed by atoms with van der Waals surface area (Å²) in [6.45, 7) is 4.21. The quantitative estimate of drug-likeness (QED) is 0.444. The zero-order valence-electron chi connectivity index (χ0n) is 3.46. The molecule has 0 spiro atoms. The first-order chi connectivity index (χ1) is 2.84. The van der Waals surface area contributed by atoms with Crippen molar-refractivity contribution in [3.63, 3.8) is 0 Å². The van der Waals surface area contributed by atoms with Crippen LogP contribution in [-0.4, -0.2) is 22.8 Å². The molecule has 0 amide bonds. The fourth-order valence-corrected chi connectivity index (χ4v) is 0.338. The molecule has 0 saturated carbocycles. The molecule has 0 bridgehead atoms. The Kier molecular flexibility index (Phi) is 0.601. The summed E-state index contributed by atoms with van der Waals surface area (Å²) in [4.78, 5) is 1.74. The highest BCUT2D eigenvalue weighted by molar-refractivity contribution is 4.87. The van der Waals surface area contributed by atoms with Gasteiger partial charge in [0.05, 0.1) is 6.54 Å². The Hall–Kier alpha value is -0.500. The van der Waals surface area contributed by atoms with Gasteiger partial charge in [-0.3, -0.25) is 0 Å². The lowest BCUT2D eigenvalue weighted by atomic mass is 10.9. The molecule has 6 heavy (non-hydrogen) atoms. The molecule has 2 heteroatoms. The van der Waals surface area contributed by atoms with Gasteiger partial charge in [0, 0.05) is 0 Å². The van der Waals surface area contributed by atoms with E-state index in [0.29, 0.717) is 0 Å². The second kappa shape index (κ2) is 0.980. The molecule has 0 aliphatic carbocycles. The topological polar surface area (TPSA) is 23.2 Å². The fraction of sp³-hybridized carbons (Fsp3) is 0.500. The van der Waals surface area contributed by atoms with Crippen LogP contribution in [0.25, 0.3) is 0 Å². The van der Waals surface area contributed by atoms with E-state index in [1.165, 1.54) is 0 Å². The van der Waals surface area contributed by atoms with Gasteiger partial charge in [-0.05, 0) is 6.20 Å². The molecule has 0 radical (unpaired) electrons. The van der Waals surface area contributed by atoms with Gasteiger partial charge in [-0.2, -0.15) is 0 Å². The van der Waals surface area contributed by atoms with Crippen molar-refractivity contribution in [1.82, 2.24) is 4.90 Å². The first-order valence-corrected chi connectivity index (χ1v) is 1.91. The lowest BCUT2D eigenvalue weighted by Crippen LogP contribution is -1.86. The van der Waals surface area contributed by atoms with Gasteiger partial charge in [0.15, 0.2) is 0 Å². The molecular weight excluding hydrogens is 78.0 g/mol. The van der Waals surface area contributed by atoms with Crippen LogP contribution in [-0.2, 0) is 0 Å². The average Bonchev–Trinajstić information content (AvgIpc) is 2.19. The largest absolute Gasteiger partial charge is 0.372 e. The minimum Gasteiger partial charge on any atom is -0.372 e. The average molecular weight is 85.1 g/mol. The number of hydrogen-bond acceptors (Lipinski definition) is 2. The molecule has 1 atom stereocenters. The van der Waals surface area contributed by atoms with Crippen LogP contribution >= 0.6 is 0 Å². The number of rotatable bonds is 1. The lowest BCUT2D eigenvalue weighted by molar-refractivity contribution is 0.233. The van der Waals surface area contributed by atoms with Gasteiger partial charge >= 0.3 is 0 Å². The summed E-state index contributed by atoms with van der Waals surface area (Å²) in [5, 5.41) is 8.48. The molecule has 2 nitrogen and oxygen atoms in total. The summed E-state index contributed by atoms with van der Waals surface area (Å²) in [5.41, 5.74) is 0. The van der Waals surface area contributed by atoms with Crippen molar-refractivity contribution < 1.29 is 5.11 Å². The molecule has 0 aromatic rings. The number of hydrogen-bond donors (Lipinski definition) is 1. The highest BCUT2D eigenvalue weighted by Gasteiger charge is 2.26. The first-order valence-electron chi connectivity index (χ1n) is 1.91. The van der Waals surface area contributed by atoms with Crippen molar-refractivity contribution in [2.24, 2.45) is 0 Å². The van der Waals surface area contributed by atoms with E-state index in [1.807, 2.05) is 0 Å². The number of β-amino-alcohol motifs (C(OH)–C–C–N with tert-alkyl or cyclic N) is 1. The van der Waals surface area contributed by atoms with E-state index in [0.717, 1.165) is 6.54 Å². The monoisotopic (exact) mass is 85.1 g/mol. The number of nitrogens with zero attached hydrogens (tertiary/aromatic N) is 1. The Morgan fingerprint density at radius 1 is 2.00 bits per heavy atom. The highest BCUT2D eigenvalue weighted by atomic mass is 16.3. The first kappa shape index (κ1) is 3.68. The van der Waals surface area contributed by atoms with Gasteiger partial charge < -0.3 is 10.0 Å². The Morgan fingerprint density at radius 2 is 2.50 bits per heavy atom. The normalized spacial score (nSPS) is 30.2. The summed E-state index contributed by atoms with van der Waals surface area (Å²) >= 11 is 0. The van der Waals surface area contributed by atoms with Crippen LogP contribution in [0.5, 0.6) is 0 Å². The molecule has 0 aromatic carbocycles. The zero-order chi connectivity index (χ0) is 4.57. The lowest BCUT2D eigenvalue weighted by Gasteiger charge is -1.82. The van der Waals surface area contributed by atoms with Crippen molar-refractivity contribution in [3.05, 3.63) is 12.8 Å². The Morgan fingerprint density at radius 3 is 2.50 bits per heavy atom. The van der Waals surface area contributed by atoms with Crippen LogP contribution in [0.3, 0.4) is 0 Å². The summed E-state index contributed by atoms with van der Waals surface area (Å²) in [6.07, 6.45) is 1.41. The van der Waals surface area contributed by atoms with Gasteiger partial charge in [0.1, 0.15) is 6.23 Å². The maximum Gasteiger partial charge on any atom is 0.144 e. The van der Waals surface area contributed by atoms with Gasteiger partial charge in [-0.15, -0.1) is 0 Å². The molecule has 1 unspecified atom stereocenters. The Bertz CT molecular complexity index is 71.9. The molecule has 0 aromatic heterocycles. The third-order valence-corrected chi connectivity index (χ3v) is 0.858. The maximum absolute atomic E-state index is 8.48. The van der Waals surface area contributed by atoms with Gasteiger partial charge in [0.2, 0.25) is 0 Å². The smallest absolute Gasteiger partial charge is 0.144 e. The van der Waals surface area contributed by atoms with E-state index in [1.54, 1.807) is 11.1 Å². The van der Waals surface area contributed by atoms with Gasteiger partial charge in [-0.1, -0.05) is 6.58 Å². The van der Waals surface area contributed by atoms with Crippen LogP contribution in [0.15, 0.2) is 12.8 Å². The predicted octanol–water partition coefficient (Wildman–Crippen LogP) is -0.236. The molecule has 1 fully saturated rings. The third kappa shape index (κ3) is 0.389. The van der Waals surface area contributed by atoms with Crippen LogP contribution in [0, 0.1) is 0 Å². The molecule has 1 N–H and O–H groups in total. The van der Waals surface area contributed by atoms with Crippen molar-refractivity contribution >= 4 is 0 Å². The van der Waals surface area contributed by atoms with Crippen molar-refractivity contribution in [3.8, 4) is 0 Å². The molecule has 1 aliphatic heterocycles. The minimum atomic E-state index is -0.220. The molecular formula is C4H7NO. The summed E-state index contributed by atoms with van der Waals surface area (Å²) in [5.74, 6) is 0. The van der Waals surface area contributed by atoms with Crippen molar-refractivity contribution in [2.45, 2.75) is 6.23 Å². The number of aliphatic hydroxyl groups is 1. The summed E-state index contributed by atoms with van der Waals surface area (Å²) in [7, 11) is 0. The second-order valence-corrected chi connectivity index (χ2v) is 1.36. The molecule has 1 heterocycles. The highest BCUT2D eigenvalue weighted by Crippen LogP contribution is 2.11. The van der Waals surface area contributed by atoms with Crippen molar-refractivity contribution in [1.29, 1.82) is 0 Å². The second-order valence-electron chi connectivity index (χ2n) is 1.36. The molecule has 34 valence electrons. The van der Waals surface area contributed by atoms with Crippen LogP contribution < -0.4 is 0 Å². The van der Waals surface area contributed by atoms with Crippen LogP contribution in [0.2, 0.25) is 0 Å². The van der Waals surface area contributed by atoms with E-state index < -0.39 is 0 Å². The van der Waals surface area contributed by atoms with Gasteiger partial charge in [-0.25, -0.2) is 0 Å². The Balaban J connectivity index is 2.25. The predicted molar refractivity (Wildman–Crippen MR) is 22.9 cm³/mol. The third-order valence-electron chi connectivity index (χ3n) is 0.858. The summed E-state index contributed by atoms with van der Waals surface area (Å²) < 4.78 is 0. The maximum atomic E-state index is 8.48. The van der Waals surface area contributed by atoms with Gasteiger partial charge in [0.25, 0.3) is 0 Å². The van der Waals surface area contributed by atoms with E-state index in [4.69, 9.17) is 5.11 Å². The molecule has 1 rings (SSSR count). The summed E-state index contributed by atoms with van der Waals surface area (Å²) in [6, 6.07) is 0. The van der Waals surface area contributed by atoms with E-state index in [9.17, 15) is 0 Å². The van der Waals surface area contributed by atoms with Crippen LogP contribution in [0.4, 0.5) is 0 Å². The molecule has 1 saturated heterocycles. The zero-order valence-corrected chi connectivity index (χ0v) is 3.46. The van der Waals surface area contributed by atoms with E-state index >= 15 is 0 Å². The van der Waals surface area contributed by atoms with E-state index in [2.05, 4.69) is 6.58 Å². The Labute approximate surface area is 36.7 Å². The van der Waals surface area contributed by atoms with Crippen LogP contribution in [0.1, 0.15) is 0 Å². The number of aliphatic hydroxyl groups excluding tert-OH is 1.